The highest BCUT2D eigenvalue weighted by atomic mass is 19.4. The molecule has 154 valence electrons. The van der Waals surface area contributed by atoms with Gasteiger partial charge in [0.2, 0.25) is 5.91 Å². The van der Waals surface area contributed by atoms with Gasteiger partial charge in [-0.3, -0.25) is 4.79 Å². The van der Waals surface area contributed by atoms with Crippen molar-refractivity contribution in [2.24, 2.45) is 0 Å². The maximum Gasteiger partial charge on any atom is 0.416 e. The van der Waals surface area contributed by atoms with Crippen LogP contribution in [-0.2, 0) is 11.0 Å². The lowest BCUT2D eigenvalue weighted by molar-refractivity contribution is -0.137. The van der Waals surface area contributed by atoms with Crippen molar-refractivity contribution in [3.8, 4) is 5.75 Å². The Kier molecular flexibility index (Phi) is 5.95. The smallest absolute Gasteiger partial charge is 0.416 e. The number of urea groups is 1. The highest BCUT2D eigenvalue weighted by molar-refractivity contribution is 5.97. The number of nitrogens with zero attached hydrogens (tertiary/aromatic N) is 1. The fourth-order valence-electron chi connectivity index (χ4n) is 3.07. The van der Waals surface area contributed by atoms with Crippen molar-refractivity contribution in [2.45, 2.75) is 25.6 Å². The first-order valence-corrected chi connectivity index (χ1v) is 9.04. The summed E-state index contributed by atoms with van der Waals surface area (Å²) in [6.07, 6.45) is -4.40. The first-order chi connectivity index (χ1) is 13.8. The first-order valence-electron chi connectivity index (χ1n) is 9.04. The Labute approximate surface area is 165 Å². The third-order valence-corrected chi connectivity index (χ3v) is 4.37. The molecule has 1 atom stereocenters. The van der Waals surface area contributed by atoms with Crippen LogP contribution in [0.2, 0.25) is 0 Å². The Morgan fingerprint density at radius 1 is 1.21 bits per heavy atom. The number of rotatable bonds is 5. The minimum absolute atomic E-state index is 0.0185. The summed E-state index contributed by atoms with van der Waals surface area (Å²) in [7, 11) is 0. The highest BCUT2D eigenvalue weighted by Crippen LogP contribution is 2.30. The summed E-state index contributed by atoms with van der Waals surface area (Å²) in [6, 6.07) is 10.3. The van der Waals surface area contributed by atoms with Crippen LogP contribution in [0.4, 0.5) is 29.3 Å². The van der Waals surface area contributed by atoms with Gasteiger partial charge in [0, 0.05) is 24.3 Å². The molecule has 29 heavy (non-hydrogen) atoms. The van der Waals surface area contributed by atoms with Crippen molar-refractivity contribution in [1.82, 2.24) is 5.32 Å². The monoisotopic (exact) mass is 407 g/mol. The Bertz CT molecular complexity index is 885. The van der Waals surface area contributed by atoms with Gasteiger partial charge < -0.3 is 20.3 Å². The number of halogens is 3. The van der Waals surface area contributed by atoms with Crippen molar-refractivity contribution in [2.75, 3.05) is 23.4 Å². The van der Waals surface area contributed by atoms with E-state index in [9.17, 15) is 22.8 Å². The Balaban J connectivity index is 1.59. The topological polar surface area (TPSA) is 70.7 Å². The number of hydrogen-bond donors (Lipinski definition) is 2. The minimum Gasteiger partial charge on any atom is -0.494 e. The predicted molar refractivity (Wildman–Crippen MR) is 102 cm³/mol. The molecule has 2 aromatic carbocycles. The average Bonchev–Trinajstić information content (AvgIpc) is 3.02. The van der Waals surface area contributed by atoms with Gasteiger partial charge in [-0.1, -0.05) is 6.07 Å². The van der Waals surface area contributed by atoms with Crippen LogP contribution in [0.25, 0.3) is 0 Å². The number of carbonyl (C=O) groups excluding carboxylic acids is 2. The molecule has 2 N–H and O–H groups in total. The van der Waals surface area contributed by atoms with Crippen LogP contribution in [0, 0.1) is 0 Å². The standard InChI is InChI=1S/C20H20F3N3O3/c1-2-29-17-8-6-16(7-9-17)26-12-15(11-18(26)27)25-19(28)24-14-5-3-4-13(10-14)20(21,22)23/h3-10,15H,2,11-12H2,1H3,(H2,24,25,28)/t15-/m1/s1. The molecule has 0 aromatic heterocycles. The molecule has 9 heteroatoms. The largest absolute Gasteiger partial charge is 0.494 e. The van der Waals surface area contributed by atoms with E-state index in [0.717, 1.165) is 12.1 Å². The molecule has 3 amide bonds. The van der Waals surface area contributed by atoms with Gasteiger partial charge in [0.15, 0.2) is 0 Å². The predicted octanol–water partition coefficient (Wildman–Crippen LogP) is 4.03. The second-order valence-corrected chi connectivity index (χ2v) is 6.51. The van der Waals surface area contributed by atoms with Crippen molar-refractivity contribution >= 4 is 23.3 Å². The van der Waals surface area contributed by atoms with Gasteiger partial charge in [-0.15, -0.1) is 0 Å². The van der Waals surface area contributed by atoms with Gasteiger partial charge in [-0.25, -0.2) is 4.79 Å². The number of ether oxygens (including phenoxy) is 1. The van der Waals surface area contributed by atoms with E-state index in [1.54, 1.807) is 29.2 Å². The Hall–Kier alpha value is -3.23. The van der Waals surface area contributed by atoms with Crippen molar-refractivity contribution in [3.63, 3.8) is 0 Å². The van der Waals surface area contributed by atoms with Crippen LogP contribution in [0.5, 0.6) is 5.75 Å². The number of hydrogen-bond acceptors (Lipinski definition) is 3. The van der Waals surface area contributed by atoms with Gasteiger partial charge in [-0.05, 0) is 49.4 Å². The van der Waals surface area contributed by atoms with Crippen LogP contribution in [0.15, 0.2) is 48.5 Å². The van der Waals surface area contributed by atoms with Gasteiger partial charge in [0.25, 0.3) is 0 Å². The van der Waals surface area contributed by atoms with Crippen LogP contribution in [-0.4, -0.2) is 31.1 Å². The summed E-state index contributed by atoms with van der Waals surface area (Å²) in [6.45, 7) is 2.68. The van der Waals surface area contributed by atoms with E-state index < -0.39 is 23.8 Å². The molecule has 1 fully saturated rings. The summed E-state index contributed by atoms with van der Waals surface area (Å²) < 4.78 is 43.7. The maximum absolute atomic E-state index is 12.8. The fraction of sp³-hybridized carbons (Fsp3) is 0.300. The van der Waals surface area contributed by atoms with Crippen molar-refractivity contribution in [3.05, 3.63) is 54.1 Å². The van der Waals surface area contributed by atoms with E-state index in [1.807, 2.05) is 6.92 Å². The normalized spacial score (nSPS) is 16.6. The number of amides is 3. The molecule has 0 spiro atoms. The SMILES string of the molecule is CCOc1ccc(N2C[C@H](NC(=O)Nc3cccc(C(F)(F)F)c3)CC2=O)cc1. The first kappa shape index (κ1) is 20.5. The zero-order valence-corrected chi connectivity index (χ0v) is 15.6. The van der Waals surface area contributed by atoms with Crippen LogP contribution < -0.4 is 20.3 Å². The molecular formula is C20H20F3N3O3. The Morgan fingerprint density at radius 2 is 1.93 bits per heavy atom. The zero-order chi connectivity index (χ0) is 21.0. The number of nitrogens with one attached hydrogen (secondary N) is 2. The molecule has 0 aliphatic carbocycles. The van der Waals surface area contributed by atoms with E-state index >= 15 is 0 Å². The average molecular weight is 407 g/mol. The van der Waals surface area contributed by atoms with E-state index in [4.69, 9.17) is 4.74 Å². The zero-order valence-electron chi connectivity index (χ0n) is 15.6. The molecule has 1 heterocycles. The molecule has 3 rings (SSSR count). The third kappa shape index (κ3) is 5.18. The van der Waals surface area contributed by atoms with Crippen molar-refractivity contribution in [1.29, 1.82) is 0 Å². The van der Waals surface area contributed by atoms with Crippen LogP contribution in [0.1, 0.15) is 18.9 Å². The molecule has 0 unspecified atom stereocenters. The van der Waals surface area contributed by atoms with E-state index in [-0.39, 0.29) is 24.6 Å². The summed E-state index contributed by atoms with van der Waals surface area (Å²) in [4.78, 5) is 26.0. The second-order valence-electron chi connectivity index (χ2n) is 6.51. The summed E-state index contributed by atoms with van der Waals surface area (Å²) in [5.41, 5.74) is -0.154. The van der Waals surface area contributed by atoms with Crippen LogP contribution in [0.3, 0.4) is 0 Å². The Morgan fingerprint density at radius 3 is 2.59 bits per heavy atom. The summed E-state index contributed by atoms with van der Waals surface area (Å²) in [5, 5.41) is 5.00. The lowest BCUT2D eigenvalue weighted by atomic mass is 10.2. The highest BCUT2D eigenvalue weighted by Gasteiger charge is 2.32. The molecule has 1 aliphatic heterocycles. The van der Waals surface area contributed by atoms with Gasteiger partial charge >= 0.3 is 12.2 Å². The molecule has 1 saturated heterocycles. The van der Waals surface area contributed by atoms with E-state index in [0.29, 0.717) is 18.0 Å². The van der Waals surface area contributed by atoms with E-state index in [2.05, 4.69) is 10.6 Å². The maximum atomic E-state index is 12.8. The van der Waals surface area contributed by atoms with Crippen LogP contribution >= 0.6 is 0 Å². The molecule has 1 aliphatic rings. The molecule has 6 nitrogen and oxygen atoms in total. The lowest BCUT2D eigenvalue weighted by Gasteiger charge is -2.18. The summed E-state index contributed by atoms with van der Waals surface area (Å²) in [5.74, 6) is 0.538. The minimum atomic E-state index is -4.50. The van der Waals surface area contributed by atoms with Gasteiger partial charge in [-0.2, -0.15) is 13.2 Å². The third-order valence-electron chi connectivity index (χ3n) is 4.37. The van der Waals surface area contributed by atoms with Gasteiger partial charge in [0.05, 0.1) is 18.2 Å². The second kappa shape index (κ2) is 8.42. The molecule has 0 saturated carbocycles. The lowest BCUT2D eigenvalue weighted by Crippen LogP contribution is -2.39. The van der Waals surface area contributed by atoms with Crippen molar-refractivity contribution < 1.29 is 27.5 Å². The molecular weight excluding hydrogens is 387 g/mol. The summed E-state index contributed by atoms with van der Waals surface area (Å²) >= 11 is 0. The quantitative estimate of drug-likeness (QED) is 0.786. The molecule has 2 aromatic rings. The molecule has 0 radical (unpaired) electrons. The van der Waals surface area contributed by atoms with E-state index in [1.165, 1.54) is 12.1 Å². The van der Waals surface area contributed by atoms with Gasteiger partial charge in [0.1, 0.15) is 5.75 Å². The fourth-order valence-corrected chi connectivity index (χ4v) is 3.07. The number of benzene rings is 2. The number of carbonyl (C=O) groups is 2. The number of alkyl halides is 3. The molecule has 0 bridgehead atoms. The number of anilines is 2.